The van der Waals surface area contributed by atoms with Gasteiger partial charge in [0.1, 0.15) is 0 Å². The fourth-order valence-electron chi connectivity index (χ4n) is 7.43. The predicted octanol–water partition coefficient (Wildman–Crippen LogP) is 11.4. The van der Waals surface area contributed by atoms with E-state index in [2.05, 4.69) is 178 Å². The van der Waals surface area contributed by atoms with Crippen molar-refractivity contribution in [2.24, 2.45) is 0 Å². The van der Waals surface area contributed by atoms with Crippen molar-refractivity contribution in [3.05, 3.63) is 215 Å². The molecule has 7 aromatic carbocycles. The van der Waals surface area contributed by atoms with Gasteiger partial charge in [-0.05, 0) is 52.6 Å². The highest BCUT2D eigenvalue weighted by atomic mass is 79.9. The fourth-order valence-corrected chi connectivity index (χ4v) is 7.79. The Hall–Kier alpha value is -6.17. The summed E-state index contributed by atoms with van der Waals surface area (Å²) >= 11 is 3.69. The van der Waals surface area contributed by atoms with Crippen LogP contribution in [0.3, 0.4) is 0 Å². The molecule has 0 spiro atoms. The van der Waals surface area contributed by atoms with Crippen LogP contribution in [0.15, 0.2) is 193 Å². The van der Waals surface area contributed by atoms with Crippen LogP contribution >= 0.6 is 15.9 Å². The van der Waals surface area contributed by atoms with Gasteiger partial charge in [-0.15, -0.1) is 0 Å². The molecule has 0 atom stereocenters. The van der Waals surface area contributed by atoms with Crippen molar-refractivity contribution in [1.82, 2.24) is 19.5 Å². The quantitative estimate of drug-likeness (QED) is 0.154. The molecule has 51 heavy (non-hydrogen) atoms. The number of aromatic nitrogens is 4. The monoisotopic (exact) mass is 718 g/mol. The lowest BCUT2D eigenvalue weighted by molar-refractivity contribution is 0.745. The number of rotatable bonds is 7. The lowest BCUT2D eigenvalue weighted by Crippen LogP contribution is -2.31. The second-order valence-corrected chi connectivity index (χ2v) is 13.5. The molecule has 0 aliphatic heterocycles. The molecular formula is C46H31BrN4. The van der Waals surface area contributed by atoms with E-state index < -0.39 is 5.41 Å². The third-order valence-electron chi connectivity index (χ3n) is 9.66. The van der Waals surface area contributed by atoms with Gasteiger partial charge in [0.05, 0.1) is 16.4 Å². The van der Waals surface area contributed by atoms with E-state index in [9.17, 15) is 0 Å². The summed E-state index contributed by atoms with van der Waals surface area (Å²) in [6, 6.07) is 65.9. The average molecular weight is 720 g/mol. The van der Waals surface area contributed by atoms with Crippen molar-refractivity contribution < 1.29 is 0 Å². The van der Waals surface area contributed by atoms with Gasteiger partial charge >= 0.3 is 0 Å². The van der Waals surface area contributed by atoms with Crippen molar-refractivity contribution in [3.63, 3.8) is 0 Å². The van der Waals surface area contributed by atoms with Gasteiger partial charge in [0.25, 0.3) is 0 Å². The normalized spacial score (nSPS) is 11.6. The Kier molecular flexibility index (Phi) is 7.83. The van der Waals surface area contributed by atoms with Gasteiger partial charge in [0, 0.05) is 26.4 Å². The van der Waals surface area contributed by atoms with Crippen molar-refractivity contribution in [3.8, 4) is 28.7 Å². The largest absolute Gasteiger partial charge is 0.278 e. The second kappa shape index (κ2) is 12.9. The molecule has 9 aromatic rings. The fraction of sp³-hybridized carbons (Fsp3) is 0.0217. The molecule has 242 valence electrons. The molecule has 5 heteroatoms. The standard InChI is InChI=1S/C46H31BrN4/c47-38-28-29-42-40(31-38)39-26-13-14-27-41(39)51(42)45-49-43(32-16-5-1-6-17-32)48-44(50-45)33-18-15-25-37(30-33)46(34-19-7-2-8-20-34,35-21-9-3-10-22-35)36-23-11-4-12-24-36/h1-31H. The lowest BCUT2D eigenvalue weighted by atomic mass is 9.65. The highest BCUT2D eigenvalue weighted by molar-refractivity contribution is 9.10. The minimum Gasteiger partial charge on any atom is -0.278 e. The minimum absolute atomic E-state index is 0.568. The SMILES string of the molecule is Brc1ccc2c(c1)c1ccccc1n2-c1nc(-c2ccccc2)nc(-c2cccc(C(c3ccccc3)(c3ccccc3)c3ccccc3)c2)n1. The first-order chi connectivity index (χ1) is 25.2. The third kappa shape index (κ3) is 5.34. The Balaban J connectivity index is 1.32. The number of fused-ring (bicyclic) bond motifs is 3. The smallest absolute Gasteiger partial charge is 0.238 e. The molecule has 0 N–H and O–H groups in total. The molecule has 0 unspecified atom stereocenters. The Bertz CT molecular complexity index is 2540. The van der Waals surface area contributed by atoms with Crippen LogP contribution in [0.1, 0.15) is 22.3 Å². The zero-order valence-corrected chi connectivity index (χ0v) is 29.2. The van der Waals surface area contributed by atoms with Crippen molar-refractivity contribution in [2.75, 3.05) is 0 Å². The van der Waals surface area contributed by atoms with Crippen molar-refractivity contribution >= 4 is 37.7 Å². The molecule has 0 bridgehead atoms. The van der Waals surface area contributed by atoms with E-state index >= 15 is 0 Å². The molecular weight excluding hydrogens is 688 g/mol. The van der Waals surface area contributed by atoms with Crippen LogP contribution in [0.25, 0.3) is 50.5 Å². The number of para-hydroxylation sites is 1. The van der Waals surface area contributed by atoms with Gasteiger partial charge in [0.2, 0.25) is 5.95 Å². The molecule has 0 saturated carbocycles. The number of halogens is 1. The molecule has 0 radical (unpaired) electrons. The topological polar surface area (TPSA) is 43.6 Å². The number of benzene rings is 7. The summed E-state index contributed by atoms with van der Waals surface area (Å²) in [5, 5.41) is 2.26. The van der Waals surface area contributed by atoms with Crippen LogP contribution in [0.5, 0.6) is 0 Å². The second-order valence-electron chi connectivity index (χ2n) is 12.6. The maximum atomic E-state index is 5.26. The van der Waals surface area contributed by atoms with E-state index in [1.165, 1.54) is 16.7 Å². The van der Waals surface area contributed by atoms with Gasteiger partial charge in [0.15, 0.2) is 11.6 Å². The van der Waals surface area contributed by atoms with Gasteiger partial charge < -0.3 is 0 Å². The van der Waals surface area contributed by atoms with Gasteiger partial charge in [-0.25, -0.2) is 4.98 Å². The molecule has 9 rings (SSSR count). The highest BCUT2D eigenvalue weighted by Gasteiger charge is 2.38. The number of hydrogen-bond donors (Lipinski definition) is 0. The number of nitrogens with zero attached hydrogens (tertiary/aromatic N) is 4. The van der Waals surface area contributed by atoms with E-state index in [1.54, 1.807) is 0 Å². The van der Waals surface area contributed by atoms with Crippen LogP contribution in [-0.2, 0) is 5.41 Å². The molecule has 0 aliphatic rings. The van der Waals surface area contributed by atoms with Crippen LogP contribution < -0.4 is 0 Å². The molecule has 2 heterocycles. The van der Waals surface area contributed by atoms with Crippen LogP contribution in [0.4, 0.5) is 0 Å². The Labute approximate surface area is 304 Å². The summed E-state index contributed by atoms with van der Waals surface area (Å²) in [6.07, 6.45) is 0. The first kappa shape index (κ1) is 30.9. The Morgan fingerprint density at radius 1 is 0.392 bits per heavy atom. The summed E-state index contributed by atoms with van der Waals surface area (Å²) in [7, 11) is 0. The van der Waals surface area contributed by atoms with Gasteiger partial charge in [-0.2, -0.15) is 9.97 Å². The summed E-state index contributed by atoms with van der Waals surface area (Å²) in [4.78, 5) is 15.6. The van der Waals surface area contributed by atoms with Crippen LogP contribution in [0.2, 0.25) is 0 Å². The molecule has 0 aliphatic carbocycles. The highest BCUT2D eigenvalue weighted by Crippen LogP contribution is 2.46. The van der Waals surface area contributed by atoms with E-state index in [-0.39, 0.29) is 0 Å². The number of hydrogen-bond acceptors (Lipinski definition) is 3. The first-order valence-corrected chi connectivity index (χ1v) is 17.8. The minimum atomic E-state index is -0.599. The van der Waals surface area contributed by atoms with Crippen molar-refractivity contribution in [1.29, 1.82) is 0 Å². The molecule has 0 saturated heterocycles. The van der Waals surface area contributed by atoms with Crippen molar-refractivity contribution in [2.45, 2.75) is 5.41 Å². The maximum Gasteiger partial charge on any atom is 0.238 e. The summed E-state index contributed by atoms with van der Waals surface area (Å²) < 4.78 is 3.18. The molecule has 0 amide bonds. The summed E-state index contributed by atoms with van der Waals surface area (Å²) in [5.74, 6) is 1.79. The lowest BCUT2D eigenvalue weighted by Gasteiger charge is -2.37. The van der Waals surface area contributed by atoms with E-state index in [0.29, 0.717) is 17.6 Å². The predicted molar refractivity (Wildman–Crippen MR) is 211 cm³/mol. The molecule has 4 nitrogen and oxygen atoms in total. The third-order valence-corrected chi connectivity index (χ3v) is 10.2. The Morgan fingerprint density at radius 2 is 0.882 bits per heavy atom. The zero-order valence-electron chi connectivity index (χ0n) is 27.6. The zero-order chi connectivity index (χ0) is 34.2. The van der Waals surface area contributed by atoms with E-state index in [0.717, 1.165) is 43.0 Å². The Morgan fingerprint density at radius 3 is 1.51 bits per heavy atom. The summed E-state index contributed by atoms with van der Waals surface area (Å²) in [6.45, 7) is 0. The molecule has 2 aromatic heterocycles. The average Bonchev–Trinajstić information content (AvgIpc) is 3.53. The van der Waals surface area contributed by atoms with Crippen LogP contribution in [0, 0.1) is 0 Å². The van der Waals surface area contributed by atoms with E-state index in [1.807, 2.05) is 30.3 Å². The molecule has 0 fully saturated rings. The first-order valence-electron chi connectivity index (χ1n) is 17.0. The maximum absolute atomic E-state index is 5.26. The van der Waals surface area contributed by atoms with Crippen LogP contribution in [-0.4, -0.2) is 19.5 Å². The van der Waals surface area contributed by atoms with E-state index in [4.69, 9.17) is 15.0 Å². The van der Waals surface area contributed by atoms with Gasteiger partial charge in [-0.1, -0.05) is 174 Å². The summed E-state index contributed by atoms with van der Waals surface area (Å²) in [5.41, 5.74) is 7.95. The van der Waals surface area contributed by atoms with Gasteiger partial charge in [-0.3, -0.25) is 4.57 Å².